The second-order valence-corrected chi connectivity index (χ2v) is 7.35. The standard InChI is InChI=1S/C17H31NO2/c1-14(19)15-5-10-18(11-6-15)16-7-12-20-17(13-16)8-3-2-4-9-17/h14-16,19H,2-13H2,1H3. The SMILES string of the molecule is CC(O)C1CCN(C2CCOC3(CCCCC3)C2)CC1. The van der Waals surface area contributed by atoms with Crippen molar-refractivity contribution in [3.05, 3.63) is 0 Å². The van der Waals surface area contributed by atoms with E-state index in [4.69, 9.17) is 4.74 Å². The fraction of sp³-hybridized carbons (Fsp3) is 1.00. The molecule has 1 aliphatic carbocycles. The van der Waals surface area contributed by atoms with Crippen LogP contribution in [0.2, 0.25) is 0 Å². The minimum atomic E-state index is -0.128. The Labute approximate surface area is 123 Å². The van der Waals surface area contributed by atoms with Crippen molar-refractivity contribution in [1.29, 1.82) is 0 Å². The first-order valence-corrected chi connectivity index (χ1v) is 8.75. The van der Waals surface area contributed by atoms with E-state index in [-0.39, 0.29) is 11.7 Å². The van der Waals surface area contributed by atoms with Crippen molar-refractivity contribution in [3.8, 4) is 0 Å². The fourth-order valence-corrected chi connectivity index (χ4v) is 4.63. The van der Waals surface area contributed by atoms with Gasteiger partial charge in [-0.2, -0.15) is 0 Å². The van der Waals surface area contributed by atoms with Gasteiger partial charge in [0.2, 0.25) is 0 Å². The average molecular weight is 281 g/mol. The highest BCUT2D eigenvalue weighted by atomic mass is 16.5. The van der Waals surface area contributed by atoms with Gasteiger partial charge in [0.25, 0.3) is 0 Å². The monoisotopic (exact) mass is 281 g/mol. The van der Waals surface area contributed by atoms with Crippen molar-refractivity contribution < 1.29 is 9.84 Å². The molecule has 3 rings (SSSR count). The lowest BCUT2D eigenvalue weighted by Gasteiger charge is -2.48. The number of aliphatic hydroxyl groups excluding tert-OH is 1. The molecule has 0 radical (unpaired) electrons. The molecule has 2 heterocycles. The molecule has 3 aliphatic rings. The van der Waals surface area contributed by atoms with Crippen molar-refractivity contribution in [1.82, 2.24) is 4.90 Å². The van der Waals surface area contributed by atoms with E-state index in [0.29, 0.717) is 5.92 Å². The predicted octanol–water partition coefficient (Wildman–Crippen LogP) is 2.96. The summed E-state index contributed by atoms with van der Waals surface area (Å²) < 4.78 is 6.22. The zero-order valence-electron chi connectivity index (χ0n) is 13.0. The highest BCUT2D eigenvalue weighted by Crippen LogP contribution is 2.40. The zero-order chi connectivity index (χ0) is 14.0. The summed E-state index contributed by atoms with van der Waals surface area (Å²) in [7, 11) is 0. The summed E-state index contributed by atoms with van der Waals surface area (Å²) in [4.78, 5) is 2.69. The number of hydrogen-bond donors (Lipinski definition) is 1. The van der Waals surface area contributed by atoms with Crippen molar-refractivity contribution in [3.63, 3.8) is 0 Å². The topological polar surface area (TPSA) is 32.7 Å². The van der Waals surface area contributed by atoms with Crippen molar-refractivity contribution >= 4 is 0 Å². The maximum atomic E-state index is 9.73. The molecule has 20 heavy (non-hydrogen) atoms. The molecule has 2 aliphatic heterocycles. The van der Waals surface area contributed by atoms with E-state index in [9.17, 15) is 5.11 Å². The molecule has 1 saturated carbocycles. The molecule has 1 N–H and O–H groups in total. The van der Waals surface area contributed by atoms with Gasteiger partial charge in [-0.15, -0.1) is 0 Å². The number of hydrogen-bond acceptors (Lipinski definition) is 3. The normalized spacial score (nSPS) is 34.2. The first-order chi connectivity index (χ1) is 9.69. The Morgan fingerprint density at radius 1 is 1.10 bits per heavy atom. The van der Waals surface area contributed by atoms with Gasteiger partial charge in [-0.1, -0.05) is 19.3 Å². The van der Waals surface area contributed by atoms with Gasteiger partial charge in [0.05, 0.1) is 11.7 Å². The molecule has 2 unspecified atom stereocenters. The summed E-state index contributed by atoms with van der Waals surface area (Å²) >= 11 is 0. The molecule has 116 valence electrons. The van der Waals surface area contributed by atoms with Gasteiger partial charge in [0.1, 0.15) is 0 Å². The first kappa shape index (κ1) is 14.8. The molecule has 1 spiro atoms. The smallest absolute Gasteiger partial charge is 0.0697 e. The Hall–Kier alpha value is -0.120. The van der Waals surface area contributed by atoms with Crippen LogP contribution in [-0.2, 0) is 4.74 Å². The van der Waals surface area contributed by atoms with Gasteiger partial charge >= 0.3 is 0 Å². The van der Waals surface area contributed by atoms with E-state index >= 15 is 0 Å². The fourth-order valence-electron chi connectivity index (χ4n) is 4.63. The van der Waals surface area contributed by atoms with E-state index in [2.05, 4.69) is 4.90 Å². The van der Waals surface area contributed by atoms with Crippen LogP contribution in [-0.4, -0.2) is 47.4 Å². The highest BCUT2D eigenvalue weighted by molar-refractivity contribution is 4.94. The summed E-state index contributed by atoms with van der Waals surface area (Å²) in [5.41, 5.74) is 0.224. The summed E-state index contributed by atoms with van der Waals surface area (Å²) in [6.07, 6.45) is 11.4. The number of aliphatic hydroxyl groups is 1. The van der Waals surface area contributed by atoms with E-state index in [1.165, 1.54) is 70.9 Å². The van der Waals surface area contributed by atoms with Crippen molar-refractivity contribution in [2.75, 3.05) is 19.7 Å². The number of likely N-dealkylation sites (tertiary alicyclic amines) is 1. The van der Waals surface area contributed by atoms with Crippen molar-refractivity contribution in [2.24, 2.45) is 5.92 Å². The lowest BCUT2D eigenvalue weighted by atomic mass is 9.77. The Kier molecular flexibility index (Phi) is 4.68. The Balaban J connectivity index is 1.55. The largest absolute Gasteiger partial charge is 0.393 e. The van der Waals surface area contributed by atoms with Crippen LogP contribution in [0.3, 0.4) is 0 Å². The van der Waals surface area contributed by atoms with Crippen LogP contribution in [0.4, 0.5) is 0 Å². The number of rotatable bonds is 2. The highest BCUT2D eigenvalue weighted by Gasteiger charge is 2.40. The number of piperidine rings is 1. The minimum absolute atomic E-state index is 0.128. The molecule has 0 bridgehead atoms. The maximum Gasteiger partial charge on any atom is 0.0697 e. The molecule has 2 atom stereocenters. The van der Waals surface area contributed by atoms with Crippen LogP contribution < -0.4 is 0 Å². The molecule has 3 fully saturated rings. The third-order valence-corrected chi connectivity index (χ3v) is 6.00. The molecule has 0 aromatic rings. The first-order valence-electron chi connectivity index (χ1n) is 8.75. The molecule has 0 aromatic carbocycles. The molecule has 3 heteroatoms. The second-order valence-electron chi connectivity index (χ2n) is 7.35. The lowest BCUT2D eigenvalue weighted by Crippen LogP contribution is -2.51. The predicted molar refractivity (Wildman–Crippen MR) is 80.8 cm³/mol. The van der Waals surface area contributed by atoms with Crippen molar-refractivity contribution in [2.45, 2.75) is 82.5 Å². The van der Waals surface area contributed by atoms with Gasteiger partial charge < -0.3 is 14.7 Å². The third kappa shape index (κ3) is 3.20. The van der Waals surface area contributed by atoms with E-state index in [1.54, 1.807) is 0 Å². The van der Waals surface area contributed by atoms with Crippen LogP contribution in [0.5, 0.6) is 0 Å². The Morgan fingerprint density at radius 2 is 1.80 bits per heavy atom. The Morgan fingerprint density at radius 3 is 2.45 bits per heavy atom. The number of ether oxygens (including phenoxy) is 1. The van der Waals surface area contributed by atoms with Gasteiger partial charge in [-0.25, -0.2) is 0 Å². The zero-order valence-corrected chi connectivity index (χ0v) is 13.0. The Bertz CT molecular complexity index is 299. The quantitative estimate of drug-likeness (QED) is 0.844. The van der Waals surface area contributed by atoms with Crippen LogP contribution >= 0.6 is 0 Å². The molecule has 0 aromatic heterocycles. The second kappa shape index (κ2) is 6.33. The molecule has 2 saturated heterocycles. The van der Waals surface area contributed by atoms with Crippen LogP contribution in [0.15, 0.2) is 0 Å². The van der Waals surface area contributed by atoms with Gasteiger partial charge in [0.15, 0.2) is 0 Å². The molecule has 0 amide bonds. The summed E-state index contributed by atoms with van der Waals surface area (Å²) in [5, 5.41) is 9.73. The van der Waals surface area contributed by atoms with Gasteiger partial charge in [0, 0.05) is 12.6 Å². The number of nitrogens with zero attached hydrogens (tertiary/aromatic N) is 1. The van der Waals surface area contributed by atoms with Gasteiger partial charge in [-0.3, -0.25) is 0 Å². The van der Waals surface area contributed by atoms with Gasteiger partial charge in [-0.05, 0) is 64.5 Å². The molecular formula is C17H31NO2. The molecule has 3 nitrogen and oxygen atoms in total. The summed E-state index contributed by atoms with van der Waals surface area (Å²) in [6.45, 7) is 5.26. The average Bonchev–Trinajstić information content (AvgIpc) is 2.48. The van der Waals surface area contributed by atoms with Crippen LogP contribution in [0, 0.1) is 5.92 Å². The third-order valence-electron chi connectivity index (χ3n) is 6.00. The lowest BCUT2D eigenvalue weighted by molar-refractivity contribution is -0.127. The van der Waals surface area contributed by atoms with E-state index in [1.807, 2.05) is 6.92 Å². The van der Waals surface area contributed by atoms with E-state index < -0.39 is 0 Å². The molecular weight excluding hydrogens is 250 g/mol. The maximum absolute atomic E-state index is 9.73. The summed E-state index contributed by atoms with van der Waals surface area (Å²) in [5.74, 6) is 0.523. The van der Waals surface area contributed by atoms with Crippen LogP contribution in [0.25, 0.3) is 0 Å². The van der Waals surface area contributed by atoms with Crippen LogP contribution in [0.1, 0.15) is 64.7 Å². The summed E-state index contributed by atoms with van der Waals surface area (Å²) in [6, 6.07) is 0.733. The minimum Gasteiger partial charge on any atom is -0.393 e. The van der Waals surface area contributed by atoms with E-state index in [0.717, 1.165) is 12.6 Å².